The number of hydrogen-bond donors (Lipinski definition) is 3. The van der Waals surface area contributed by atoms with E-state index in [9.17, 15) is 4.79 Å². The molecule has 5 N–H and O–H groups in total. The van der Waals surface area contributed by atoms with E-state index in [0.29, 0.717) is 17.8 Å². The molecule has 0 fully saturated rings. The third-order valence-electron chi connectivity index (χ3n) is 2.60. The molecule has 2 rings (SSSR count). The number of rotatable bonds is 3. The number of H-pyrrole nitrogens is 1. The molecular weight excluding hydrogens is 230 g/mol. The number of aromatic amines is 1. The summed E-state index contributed by atoms with van der Waals surface area (Å²) >= 11 is 0. The lowest BCUT2D eigenvalue weighted by Gasteiger charge is -2.00. The molecule has 2 aromatic heterocycles. The summed E-state index contributed by atoms with van der Waals surface area (Å²) in [4.78, 5) is 18.1. The number of hydrogen-bond acceptors (Lipinski definition) is 4. The van der Waals surface area contributed by atoms with E-state index in [1.807, 2.05) is 0 Å². The van der Waals surface area contributed by atoms with E-state index >= 15 is 0 Å². The van der Waals surface area contributed by atoms with Gasteiger partial charge < -0.3 is 16.5 Å². The number of fused-ring (bicyclic) bond motifs is 1. The highest BCUT2D eigenvalue weighted by Gasteiger charge is 2.10. The summed E-state index contributed by atoms with van der Waals surface area (Å²) in [5.41, 5.74) is 12.9. The number of nitrogens with two attached hydrogens (primary N) is 2. The fourth-order valence-electron chi connectivity index (χ4n) is 1.75. The number of nitrogens with one attached hydrogen (secondary N) is 1. The van der Waals surface area contributed by atoms with E-state index in [-0.39, 0.29) is 5.57 Å². The molecule has 6 heteroatoms. The highest BCUT2D eigenvalue weighted by Crippen LogP contribution is 2.22. The van der Waals surface area contributed by atoms with Crippen LogP contribution in [0.25, 0.3) is 17.1 Å². The topological polar surface area (TPSA) is 122 Å². The fraction of sp³-hybridized carbons (Fsp3) is 0.0833. The van der Waals surface area contributed by atoms with E-state index in [0.717, 1.165) is 10.9 Å². The maximum atomic E-state index is 11.0. The molecule has 0 spiro atoms. The van der Waals surface area contributed by atoms with Crippen LogP contribution < -0.4 is 11.5 Å². The molecule has 18 heavy (non-hydrogen) atoms. The highest BCUT2D eigenvalue weighted by atomic mass is 16.1. The minimum absolute atomic E-state index is 0.109. The van der Waals surface area contributed by atoms with Crippen LogP contribution in [-0.2, 0) is 11.3 Å². The number of nitrogens with zero attached hydrogens (tertiary/aromatic N) is 2. The Morgan fingerprint density at radius 2 is 2.39 bits per heavy atom. The number of carbonyl (C=O) groups is 1. The molecule has 2 heterocycles. The van der Waals surface area contributed by atoms with Gasteiger partial charge in [-0.15, -0.1) is 0 Å². The molecule has 2 aromatic rings. The van der Waals surface area contributed by atoms with Gasteiger partial charge in [-0.2, -0.15) is 5.26 Å². The van der Waals surface area contributed by atoms with Gasteiger partial charge in [0.25, 0.3) is 5.91 Å². The second kappa shape index (κ2) is 4.69. The Morgan fingerprint density at radius 1 is 1.61 bits per heavy atom. The zero-order valence-corrected chi connectivity index (χ0v) is 9.47. The van der Waals surface area contributed by atoms with Gasteiger partial charge in [-0.25, -0.2) is 4.98 Å². The van der Waals surface area contributed by atoms with Gasteiger partial charge in [0.1, 0.15) is 17.3 Å². The van der Waals surface area contributed by atoms with Crippen LogP contribution in [0, 0.1) is 11.3 Å². The van der Waals surface area contributed by atoms with Crippen LogP contribution in [0.2, 0.25) is 0 Å². The lowest BCUT2D eigenvalue weighted by atomic mass is 10.1. The van der Waals surface area contributed by atoms with Crippen molar-refractivity contribution < 1.29 is 4.79 Å². The van der Waals surface area contributed by atoms with Crippen molar-refractivity contribution in [3.05, 3.63) is 35.2 Å². The molecule has 0 aliphatic carbocycles. The molecule has 0 aliphatic heterocycles. The van der Waals surface area contributed by atoms with E-state index in [4.69, 9.17) is 16.7 Å². The molecule has 90 valence electrons. The van der Waals surface area contributed by atoms with Crippen LogP contribution in [-0.4, -0.2) is 15.9 Å². The monoisotopic (exact) mass is 241 g/mol. The third kappa shape index (κ3) is 1.95. The molecular formula is C12H11N5O. The van der Waals surface area contributed by atoms with Gasteiger partial charge in [-0.1, -0.05) is 0 Å². The summed E-state index contributed by atoms with van der Waals surface area (Å²) in [6.07, 6.45) is 4.74. The van der Waals surface area contributed by atoms with Crippen LogP contribution in [0.3, 0.4) is 0 Å². The van der Waals surface area contributed by atoms with Crippen LogP contribution >= 0.6 is 0 Å². The van der Waals surface area contributed by atoms with Crippen molar-refractivity contribution in [3.8, 4) is 6.07 Å². The maximum Gasteiger partial charge on any atom is 0.259 e. The minimum atomic E-state index is -0.759. The average molecular weight is 241 g/mol. The SMILES string of the molecule is N#CC(=Cc1c[nH]c2nccc(CN)c12)C(N)=O. The van der Waals surface area contributed by atoms with Gasteiger partial charge in [-0.05, 0) is 17.7 Å². The minimum Gasteiger partial charge on any atom is -0.365 e. The largest absolute Gasteiger partial charge is 0.365 e. The number of aromatic nitrogens is 2. The summed E-state index contributed by atoms with van der Waals surface area (Å²) in [5, 5.41) is 9.62. The van der Waals surface area contributed by atoms with Crippen molar-refractivity contribution in [2.75, 3.05) is 0 Å². The summed E-state index contributed by atoms with van der Waals surface area (Å²) in [5.74, 6) is -0.759. The Balaban J connectivity index is 2.66. The fourth-order valence-corrected chi connectivity index (χ4v) is 1.75. The molecule has 1 amide bonds. The predicted octanol–water partition coefficient (Wildman–Crippen LogP) is 0.414. The van der Waals surface area contributed by atoms with Gasteiger partial charge in [0, 0.05) is 29.9 Å². The third-order valence-corrected chi connectivity index (χ3v) is 2.60. The van der Waals surface area contributed by atoms with Crippen LogP contribution in [0.1, 0.15) is 11.1 Å². The standard InChI is InChI=1S/C12H11N5O/c13-4-7-1-2-16-12-10(7)9(6-17-12)3-8(5-14)11(15)18/h1-3,6H,4,13H2,(H2,15,18)(H,16,17). The predicted molar refractivity (Wildman–Crippen MR) is 66.8 cm³/mol. The second-order valence-corrected chi connectivity index (χ2v) is 3.68. The summed E-state index contributed by atoms with van der Waals surface area (Å²) in [7, 11) is 0. The van der Waals surface area contributed by atoms with Gasteiger partial charge in [0.15, 0.2) is 0 Å². The molecule has 0 saturated heterocycles. The Bertz CT molecular complexity index is 677. The van der Waals surface area contributed by atoms with Crippen molar-refractivity contribution in [2.45, 2.75) is 6.54 Å². The first-order chi connectivity index (χ1) is 8.67. The van der Waals surface area contributed by atoms with Crippen molar-refractivity contribution in [2.24, 2.45) is 11.5 Å². The van der Waals surface area contributed by atoms with Gasteiger partial charge in [0.05, 0.1) is 0 Å². The van der Waals surface area contributed by atoms with Gasteiger partial charge in [0.2, 0.25) is 0 Å². The molecule has 6 nitrogen and oxygen atoms in total. The van der Waals surface area contributed by atoms with Crippen LogP contribution in [0.15, 0.2) is 24.0 Å². The first kappa shape index (κ1) is 11.8. The first-order valence-electron chi connectivity index (χ1n) is 5.24. The summed E-state index contributed by atoms with van der Waals surface area (Å²) < 4.78 is 0. The van der Waals surface area contributed by atoms with Gasteiger partial charge >= 0.3 is 0 Å². The first-order valence-corrected chi connectivity index (χ1v) is 5.24. The summed E-state index contributed by atoms with van der Waals surface area (Å²) in [6.45, 7) is 0.343. The number of amides is 1. The number of carbonyl (C=O) groups excluding carboxylic acids is 1. The normalized spacial score (nSPS) is 11.4. The number of nitriles is 1. The van der Waals surface area contributed by atoms with Crippen molar-refractivity contribution in [1.29, 1.82) is 5.26 Å². The lowest BCUT2D eigenvalue weighted by molar-refractivity contribution is -0.114. The molecule has 0 aromatic carbocycles. The molecule has 0 atom stereocenters. The maximum absolute atomic E-state index is 11.0. The van der Waals surface area contributed by atoms with Gasteiger partial charge in [-0.3, -0.25) is 4.79 Å². The zero-order chi connectivity index (χ0) is 13.1. The summed E-state index contributed by atoms with van der Waals surface area (Å²) in [6, 6.07) is 3.56. The molecule has 0 aliphatic rings. The lowest BCUT2D eigenvalue weighted by Crippen LogP contribution is -2.12. The molecule has 0 radical (unpaired) electrons. The Kier molecular flexibility index (Phi) is 3.08. The highest BCUT2D eigenvalue weighted by molar-refractivity contribution is 6.03. The number of primary amides is 1. The Morgan fingerprint density at radius 3 is 3.00 bits per heavy atom. The van der Waals surface area contributed by atoms with E-state index in [1.165, 1.54) is 6.08 Å². The molecule has 0 saturated carbocycles. The average Bonchev–Trinajstić information content (AvgIpc) is 2.78. The quantitative estimate of drug-likeness (QED) is 0.532. The van der Waals surface area contributed by atoms with E-state index < -0.39 is 5.91 Å². The Labute approximate surface area is 103 Å². The van der Waals surface area contributed by atoms with Crippen LogP contribution in [0.4, 0.5) is 0 Å². The zero-order valence-electron chi connectivity index (χ0n) is 9.47. The van der Waals surface area contributed by atoms with Crippen LogP contribution in [0.5, 0.6) is 0 Å². The van der Waals surface area contributed by atoms with Crippen molar-refractivity contribution in [3.63, 3.8) is 0 Å². The molecule has 0 bridgehead atoms. The van der Waals surface area contributed by atoms with E-state index in [2.05, 4.69) is 9.97 Å². The second-order valence-electron chi connectivity index (χ2n) is 3.68. The van der Waals surface area contributed by atoms with E-state index in [1.54, 1.807) is 24.5 Å². The molecule has 0 unspecified atom stereocenters. The Hall–Kier alpha value is -2.65. The van der Waals surface area contributed by atoms with Crippen molar-refractivity contribution in [1.82, 2.24) is 9.97 Å². The van der Waals surface area contributed by atoms with Crippen molar-refractivity contribution >= 4 is 23.0 Å². The smallest absolute Gasteiger partial charge is 0.259 e. The number of pyridine rings is 1.